The van der Waals surface area contributed by atoms with Crippen LogP contribution in [0, 0.1) is 17.8 Å². The minimum Gasteiger partial charge on any atom is -0.313 e. The van der Waals surface area contributed by atoms with Gasteiger partial charge >= 0.3 is 6.03 Å². The second kappa shape index (κ2) is 9.22. The molecule has 4 fully saturated rings. The van der Waals surface area contributed by atoms with Gasteiger partial charge in [-0.05, 0) is 49.7 Å². The molecule has 5 nitrogen and oxygen atoms in total. The van der Waals surface area contributed by atoms with Crippen LogP contribution < -0.4 is 0 Å². The van der Waals surface area contributed by atoms with E-state index in [1.165, 1.54) is 49.8 Å². The molecule has 2 saturated carbocycles. The number of carbonyl (C=O) groups is 3. The summed E-state index contributed by atoms with van der Waals surface area (Å²) in [7, 11) is 1.74. The average molecular weight is 435 g/mol. The second-order valence-electron chi connectivity index (χ2n) is 10.3. The molecule has 168 valence electrons. The Balaban J connectivity index is 1.38. The lowest BCUT2D eigenvalue weighted by Crippen LogP contribution is -2.52. The molecule has 4 rings (SSSR count). The quantitative estimate of drug-likeness (QED) is 0.457. The molecule has 30 heavy (non-hydrogen) atoms. The van der Waals surface area contributed by atoms with Crippen molar-refractivity contribution < 1.29 is 14.4 Å². The largest absolute Gasteiger partial charge is 0.327 e. The molecule has 2 aliphatic heterocycles. The zero-order valence-electron chi connectivity index (χ0n) is 18.7. The van der Waals surface area contributed by atoms with E-state index in [2.05, 4.69) is 0 Å². The van der Waals surface area contributed by atoms with Gasteiger partial charge in [0.05, 0.1) is 11.8 Å². The number of amides is 3. The second-order valence-corrected chi connectivity index (χ2v) is 11.5. The number of nitrogens with zero attached hydrogens (tertiary/aromatic N) is 2. The van der Waals surface area contributed by atoms with E-state index in [9.17, 15) is 14.4 Å². The molecule has 4 aliphatic rings. The molecule has 3 unspecified atom stereocenters. The van der Waals surface area contributed by atoms with Gasteiger partial charge in [-0.2, -0.15) is 11.8 Å². The fourth-order valence-corrected chi connectivity index (χ4v) is 7.91. The van der Waals surface area contributed by atoms with Crippen LogP contribution >= 0.6 is 11.8 Å². The maximum absolute atomic E-state index is 13.4. The Morgan fingerprint density at radius 2 is 1.57 bits per heavy atom. The Morgan fingerprint density at radius 1 is 0.967 bits per heavy atom. The molecule has 2 aliphatic carbocycles. The maximum Gasteiger partial charge on any atom is 0.327 e. The van der Waals surface area contributed by atoms with Gasteiger partial charge in [-0.3, -0.25) is 14.5 Å². The van der Waals surface area contributed by atoms with E-state index in [1.54, 1.807) is 23.7 Å². The molecule has 0 bridgehead atoms. The topological polar surface area (TPSA) is 57.7 Å². The maximum atomic E-state index is 13.4. The summed E-state index contributed by atoms with van der Waals surface area (Å²) in [6.45, 7) is 1.87. The molecule has 0 aromatic carbocycles. The van der Waals surface area contributed by atoms with Crippen LogP contribution in [0.4, 0.5) is 4.79 Å². The highest BCUT2D eigenvalue weighted by Gasteiger charge is 2.57. The number of likely N-dealkylation sites (N-methyl/N-ethyl adjacent to an activating group) is 1. The third-order valence-corrected chi connectivity index (χ3v) is 10.0. The summed E-state index contributed by atoms with van der Waals surface area (Å²) in [5.74, 6) is 2.56. The third-order valence-electron chi connectivity index (χ3n) is 8.56. The highest BCUT2D eigenvalue weighted by molar-refractivity contribution is 8.00. The number of thioether (sulfide) groups is 1. The minimum atomic E-state index is -0.788. The first-order valence-corrected chi connectivity index (χ1v) is 13.2. The van der Waals surface area contributed by atoms with Gasteiger partial charge in [0.15, 0.2) is 5.78 Å². The zero-order valence-corrected chi connectivity index (χ0v) is 19.6. The molecule has 3 amide bonds. The number of Topliss-reactive ketones (excluding diaryl/α,β-unsaturated/α-hetero) is 1. The fourth-order valence-electron chi connectivity index (χ4n) is 6.38. The summed E-state index contributed by atoms with van der Waals surface area (Å²) < 4.78 is 0. The summed E-state index contributed by atoms with van der Waals surface area (Å²) in [6.07, 6.45) is 14.3. The van der Waals surface area contributed by atoms with Gasteiger partial charge in [-0.15, -0.1) is 0 Å². The van der Waals surface area contributed by atoms with Crippen LogP contribution in [-0.4, -0.2) is 57.7 Å². The van der Waals surface area contributed by atoms with Crippen molar-refractivity contribution >= 4 is 29.5 Å². The summed E-state index contributed by atoms with van der Waals surface area (Å²) in [5.41, 5.74) is -0.788. The van der Waals surface area contributed by atoms with Gasteiger partial charge in [0.1, 0.15) is 5.54 Å². The highest BCUT2D eigenvalue weighted by atomic mass is 32.2. The number of hydrogen-bond acceptors (Lipinski definition) is 4. The van der Waals surface area contributed by atoms with Crippen LogP contribution in [0.15, 0.2) is 0 Å². The van der Waals surface area contributed by atoms with Gasteiger partial charge in [0, 0.05) is 7.05 Å². The molecule has 0 radical (unpaired) electrons. The summed E-state index contributed by atoms with van der Waals surface area (Å²) in [5, 5.41) is -0.0503. The Bertz CT molecular complexity index is 669. The smallest absolute Gasteiger partial charge is 0.313 e. The van der Waals surface area contributed by atoms with Crippen molar-refractivity contribution in [2.75, 3.05) is 19.3 Å². The van der Waals surface area contributed by atoms with E-state index in [0.29, 0.717) is 5.92 Å². The molecule has 6 heteroatoms. The van der Waals surface area contributed by atoms with Crippen molar-refractivity contribution in [1.29, 1.82) is 0 Å². The van der Waals surface area contributed by atoms with Crippen LogP contribution in [0.5, 0.6) is 0 Å². The van der Waals surface area contributed by atoms with Crippen molar-refractivity contribution in [2.45, 2.75) is 94.8 Å². The predicted molar refractivity (Wildman–Crippen MR) is 120 cm³/mol. The fraction of sp³-hybridized carbons (Fsp3) is 0.875. The Morgan fingerprint density at radius 3 is 2.23 bits per heavy atom. The number of urea groups is 1. The van der Waals surface area contributed by atoms with Crippen molar-refractivity contribution in [3.05, 3.63) is 0 Å². The molecular weight excluding hydrogens is 396 g/mol. The predicted octanol–water partition coefficient (Wildman–Crippen LogP) is 4.88. The minimum absolute atomic E-state index is 0.0423. The summed E-state index contributed by atoms with van der Waals surface area (Å²) >= 11 is 1.76. The van der Waals surface area contributed by atoms with Crippen LogP contribution in [0.25, 0.3) is 0 Å². The van der Waals surface area contributed by atoms with E-state index < -0.39 is 5.54 Å². The molecule has 0 N–H and O–H groups in total. The lowest BCUT2D eigenvalue weighted by atomic mass is 9.75. The number of imide groups is 1. The Kier molecular flexibility index (Phi) is 6.81. The number of ketones is 1. The normalized spacial score (nSPS) is 34.6. The van der Waals surface area contributed by atoms with Crippen molar-refractivity contribution in [3.8, 4) is 0 Å². The van der Waals surface area contributed by atoms with Gasteiger partial charge < -0.3 is 4.90 Å². The highest BCUT2D eigenvalue weighted by Crippen LogP contribution is 2.43. The van der Waals surface area contributed by atoms with E-state index in [4.69, 9.17) is 0 Å². The summed E-state index contributed by atoms with van der Waals surface area (Å²) in [6, 6.07) is -0.287. The van der Waals surface area contributed by atoms with Crippen molar-refractivity contribution in [2.24, 2.45) is 17.8 Å². The van der Waals surface area contributed by atoms with Gasteiger partial charge in [0.2, 0.25) is 0 Å². The molecule has 0 spiro atoms. The SMILES string of the molecule is CN1C(=O)N(CC(=O)C2CC(C3CCCCCC3)CS2)C(=O)C1(C)C1CCCCC1. The van der Waals surface area contributed by atoms with Gasteiger partial charge in [0.25, 0.3) is 5.91 Å². The lowest BCUT2D eigenvalue weighted by molar-refractivity contribution is -0.137. The third kappa shape index (κ3) is 4.05. The van der Waals surface area contributed by atoms with E-state index in [0.717, 1.165) is 43.8 Å². The number of carbonyl (C=O) groups excluding carboxylic acids is 3. The zero-order chi connectivity index (χ0) is 21.3. The molecule has 0 aromatic heterocycles. The molecular formula is C24H38N2O3S. The van der Waals surface area contributed by atoms with E-state index in [1.807, 2.05) is 6.92 Å². The average Bonchev–Trinajstić information content (AvgIpc) is 3.18. The first kappa shape index (κ1) is 22.2. The standard InChI is InChI=1S/C24H38N2O3S/c1-24(19-12-8-5-9-13-19)22(28)26(23(29)25(24)2)15-20(27)21-14-18(16-30-21)17-10-6-3-4-7-11-17/h17-19,21H,3-16H2,1-2H3. The van der Waals surface area contributed by atoms with Crippen molar-refractivity contribution in [3.63, 3.8) is 0 Å². The molecule has 2 saturated heterocycles. The number of rotatable bonds is 5. The van der Waals surface area contributed by atoms with Crippen LogP contribution in [0.1, 0.15) is 84.0 Å². The Labute approximate surface area is 185 Å². The van der Waals surface area contributed by atoms with Crippen LogP contribution in [-0.2, 0) is 9.59 Å². The number of hydrogen-bond donors (Lipinski definition) is 0. The first-order valence-electron chi connectivity index (χ1n) is 12.2. The van der Waals surface area contributed by atoms with E-state index in [-0.39, 0.29) is 35.4 Å². The van der Waals surface area contributed by atoms with Crippen LogP contribution in [0.2, 0.25) is 0 Å². The van der Waals surface area contributed by atoms with Gasteiger partial charge in [-0.1, -0.05) is 57.8 Å². The lowest BCUT2D eigenvalue weighted by Gasteiger charge is -2.38. The molecule has 2 heterocycles. The van der Waals surface area contributed by atoms with E-state index >= 15 is 0 Å². The monoisotopic (exact) mass is 434 g/mol. The summed E-state index contributed by atoms with van der Waals surface area (Å²) in [4.78, 5) is 42.3. The molecule has 0 aromatic rings. The van der Waals surface area contributed by atoms with Crippen molar-refractivity contribution in [1.82, 2.24) is 9.80 Å². The molecule has 3 atom stereocenters. The van der Waals surface area contributed by atoms with Crippen LogP contribution in [0.3, 0.4) is 0 Å². The first-order chi connectivity index (χ1) is 14.4. The van der Waals surface area contributed by atoms with Gasteiger partial charge in [-0.25, -0.2) is 4.79 Å². The Hall–Kier alpha value is -1.04.